The second kappa shape index (κ2) is 10.4. The zero-order chi connectivity index (χ0) is 23.7. The molecule has 0 saturated heterocycles. The number of nitrogens with one attached hydrogen (secondary N) is 2. The minimum atomic E-state index is -0.320. The fourth-order valence-electron chi connectivity index (χ4n) is 3.66. The summed E-state index contributed by atoms with van der Waals surface area (Å²) in [6.45, 7) is 0. The average molecular weight is 529 g/mol. The Bertz CT molecular complexity index is 1370. The number of amides is 1. The predicted octanol–water partition coefficient (Wildman–Crippen LogP) is 6.32. The van der Waals surface area contributed by atoms with E-state index in [1.54, 1.807) is 36.1 Å². The third-order valence-electron chi connectivity index (χ3n) is 5.41. The number of anilines is 2. The maximum atomic E-state index is 12.7. The molecule has 35 heavy (non-hydrogen) atoms. The Labute approximate surface area is 218 Å². The Kier molecular flexibility index (Phi) is 7.31. The van der Waals surface area contributed by atoms with Gasteiger partial charge in [-0.1, -0.05) is 47.5 Å². The number of carbonyl (C=O) groups is 1. The molecule has 1 aliphatic rings. The number of halogens is 3. The molecule has 0 radical (unpaired) electrons. The molecule has 0 saturated carbocycles. The number of carbonyl (C=O) groups excluding carboxylic acids is 1. The number of fused-ring (bicyclic) bond motifs is 1. The summed E-state index contributed by atoms with van der Waals surface area (Å²) in [6, 6.07) is 21.6. The summed E-state index contributed by atoms with van der Waals surface area (Å²) in [5.74, 6) is 1.04. The average Bonchev–Trinajstić information content (AvgIpc) is 3.27. The van der Waals surface area contributed by atoms with Crippen molar-refractivity contribution in [1.29, 1.82) is 0 Å². The molecule has 178 valence electrons. The van der Waals surface area contributed by atoms with Crippen LogP contribution in [0.15, 0.2) is 78.9 Å². The van der Waals surface area contributed by atoms with E-state index in [0.29, 0.717) is 27.3 Å². The Hall–Kier alpha value is -3.52. The van der Waals surface area contributed by atoms with Crippen LogP contribution in [0.4, 0.5) is 11.9 Å². The van der Waals surface area contributed by atoms with Gasteiger partial charge < -0.3 is 10.1 Å². The molecule has 0 spiro atoms. The van der Waals surface area contributed by atoms with Crippen LogP contribution in [0.5, 0.6) is 5.75 Å². The van der Waals surface area contributed by atoms with E-state index < -0.39 is 0 Å². The lowest BCUT2D eigenvalue weighted by Crippen LogP contribution is -2.20. The quantitative estimate of drug-likeness (QED) is 0.317. The van der Waals surface area contributed by atoms with Crippen LogP contribution in [0.3, 0.4) is 0 Å². The third-order valence-corrected chi connectivity index (χ3v) is 5.91. The van der Waals surface area contributed by atoms with Crippen molar-refractivity contribution in [3.63, 3.8) is 0 Å². The number of methoxy groups -OCH3 is 1. The van der Waals surface area contributed by atoms with Crippen LogP contribution in [0.1, 0.15) is 27.5 Å². The summed E-state index contributed by atoms with van der Waals surface area (Å²) in [4.78, 5) is 17.3. The van der Waals surface area contributed by atoms with E-state index in [0.717, 1.165) is 16.8 Å². The van der Waals surface area contributed by atoms with Gasteiger partial charge in [-0.05, 0) is 65.7 Å². The maximum Gasteiger partial charge on any atom is 0.258 e. The molecule has 1 aromatic heterocycles. The Balaban J connectivity index is 0.00000289. The zero-order valence-corrected chi connectivity index (χ0v) is 20.7. The van der Waals surface area contributed by atoms with Gasteiger partial charge in [0.2, 0.25) is 5.95 Å². The highest BCUT2D eigenvalue weighted by atomic mass is 35.5. The number of aromatic nitrogens is 3. The van der Waals surface area contributed by atoms with E-state index >= 15 is 0 Å². The van der Waals surface area contributed by atoms with Gasteiger partial charge in [-0.2, -0.15) is 4.98 Å². The van der Waals surface area contributed by atoms with Crippen molar-refractivity contribution in [1.82, 2.24) is 14.8 Å². The molecule has 0 aliphatic carbocycles. The van der Waals surface area contributed by atoms with Crippen LogP contribution < -0.4 is 15.4 Å². The molecule has 2 N–H and O–H groups in total. The summed E-state index contributed by atoms with van der Waals surface area (Å²) >= 11 is 12.2. The third kappa shape index (κ3) is 5.27. The number of benzene rings is 3. The van der Waals surface area contributed by atoms with Gasteiger partial charge in [-0.25, -0.2) is 4.68 Å². The molecular formula is C25H20Cl3N5O2. The highest BCUT2D eigenvalue weighted by Gasteiger charge is 2.26. The van der Waals surface area contributed by atoms with Crippen molar-refractivity contribution in [3.05, 3.63) is 106 Å². The minimum absolute atomic E-state index is 0. The molecule has 10 heteroatoms. The molecule has 3 aromatic carbocycles. The number of hydrogen-bond acceptors (Lipinski definition) is 5. The molecular weight excluding hydrogens is 509 g/mol. The normalized spacial score (nSPS) is 14.1. The summed E-state index contributed by atoms with van der Waals surface area (Å²) in [5, 5.41) is 11.9. The van der Waals surface area contributed by atoms with Gasteiger partial charge >= 0.3 is 0 Å². The van der Waals surface area contributed by atoms with Gasteiger partial charge in [0.1, 0.15) is 11.8 Å². The summed E-state index contributed by atoms with van der Waals surface area (Å²) in [5.41, 5.74) is 3.23. The molecule has 0 bridgehead atoms. The molecule has 1 atom stereocenters. The van der Waals surface area contributed by atoms with E-state index in [1.165, 1.54) is 0 Å². The van der Waals surface area contributed by atoms with E-state index in [-0.39, 0.29) is 30.3 Å². The molecule has 4 aromatic rings. The highest BCUT2D eigenvalue weighted by Crippen LogP contribution is 2.34. The molecule has 1 amide bonds. The van der Waals surface area contributed by atoms with Crippen LogP contribution in [0.2, 0.25) is 10.0 Å². The first-order valence-electron chi connectivity index (χ1n) is 10.4. The first-order valence-corrected chi connectivity index (χ1v) is 11.2. The number of ether oxygens (including phenoxy) is 1. The number of rotatable bonds is 5. The van der Waals surface area contributed by atoms with Crippen molar-refractivity contribution in [3.8, 4) is 5.75 Å². The molecule has 2 heterocycles. The second-order valence-electron chi connectivity index (χ2n) is 7.59. The standard InChI is InChI=1S/C25H19Cl2N5O2.ClH/c1-34-20-12-6-17(7-13-20)23(33)29-24-30-25-28-21(15-2-8-18(26)9-3-15)14-22(32(25)31-24)16-4-10-19(27)11-5-16;/h2-14,22H,1H3,(H2,28,29,30,31,33);1H. The fourth-order valence-corrected chi connectivity index (χ4v) is 3.91. The van der Waals surface area contributed by atoms with Crippen LogP contribution in [0.25, 0.3) is 5.70 Å². The topological polar surface area (TPSA) is 81.1 Å². The van der Waals surface area contributed by atoms with Crippen molar-refractivity contribution in [2.24, 2.45) is 0 Å². The Morgan fingerprint density at radius 1 is 0.971 bits per heavy atom. The van der Waals surface area contributed by atoms with Gasteiger partial charge in [0.15, 0.2) is 0 Å². The van der Waals surface area contributed by atoms with E-state index in [2.05, 4.69) is 20.7 Å². The van der Waals surface area contributed by atoms with Crippen LogP contribution >= 0.6 is 35.6 Å². The zero-order valence-electron chi connectivity index (χ0n) is 18.4. The van der Waals surface area contributed by atoms with Crippen molar-refractivity contribution < 1.29 is 9.53 Å². The van der Waals surface area contributed by atoms with Crippen LogP contribution in [-0.2, 0) is 0 Å². The van der Waals surface area contributed by atoms with E-state index in [1.807, 2.05) is 54.6 Å². The molecule has 1 unspecified atom stereocenters. The lowest BCUT2D eigenvalue weighted by Gasteiger charge is -2.24. The molecule has 7 nitrogen and oxygen atoms in total. The van der Waals surface area contributed by atoms with Gasteiger partial charge in [-0.3, -0.25) is 10.1 Å². The van der Waals surface area contributed by atoms with E-state index in [4.69, 9.17) is 27.9 Å². The number of allylic oxidation sites excluding steroid dienone is 1. The monoisotopic (exact) mass is 527 g/mol. The summed E-state index contributed by atoms with van der Waals surface area (Å²) in [7, 11) is 1.57. The largest absolute Gasteiger partial charge is 0.497 e. The predicted molar refractivity (Wildman–Crippen MR) is 141 cm³/mol. The Morgan fingerprint density at radius 3 is 2.23 bits per heavy atom. The summed E-state index contributed by atoms with van der Waals surface area (Å²) < 4.78 is 6.88. The van der Waals surface area contributed by atoms with Crippen LogP contribution in [-0.4, -0.2) is 27.8 Å². The van der Waals surface area contributed by atoms with E-state index in [9.17, 15) is 4.79 Å². The first-order chi connectivity index (χ1) is 16.5. The van der Waals surface area contributed by atoms with Gasteiger partial charge in [0, 0.05) is 21.3 Å². The van der Waals surface area contributed by atoms with Crippen molar-refractivity contribution >= 4 is 59.1 Å². The number of hydrogen-bond donors (Lipinski definition) is 2. The van der Waals surface area contributed by atoms with Crippen molar-refractivity contribution in [2.45, 2.75) is 6.04 Å². The SMILES string of the molecule is COc1ccc(C(=O)Nc2nc3n(n2)C(c2ccc(Cl)cc2)C=C(c2ccc(Cl)cc2)N3)cc1.Cl. The second-order valence-corrected chi connectivity index (χ2v) is 8.47. The smallest absolute Gasteiger partial charge is 0.258 e. The lowest BCUT2D eigenvalue weighted by molar-refractivity contribution is 0.102. The Morgan fingerprint density at radius 2 is 1.60 bits per heavy atom. The summed E-state index contributed by atoms with van der Waals surface area (Å²) in [6.07, 6.45) is 2.04. The molecule has 1 aliphatic heterocycles. The highest BCUT2D eigenvalue weighted by molar-refractivity contribution is 6.30. The van der Waals surface area contributed by atoms with Crippen molar-refractivity contribution in [2.75, 3.05) is 17.7 Å². The van der Waals surface area contributed by atoms with Crippen LogP contribution in [0, 0.1) is 0 Å². The van der Waals surface area contributed by atoms with Gasteiger partial charge in [-0.15, -0.1) is 17.5 Å². The molecule has 5 rings (SSSR count). The number of nitrogens with zero attached hydrogens (tertiary/aromatic N) is 3. The first kappa shape index (κ1) is 24.6. The lowest BCUT2D eigenvalue weighted by atomic mass is 10.0. The maximum absolute atomic E-state index is 12.7. The van der Waals surface area contributed by atoms with Gasteiger partial charge in [0.05, 0.1) is 7.11 Å². The minimum Gasteiger partial charge on any atom is -0.497 e. The van der Waals surface area contributed by atoms with Gasteiger partial charge in [0.25, 0.3) is 11.9 Å². The molecule has 0 fully saturated rings. The fraction of sp³-hybridized carbons (Fsp3) is 0.0800.